The number of aromatic nitrogens is 1. The fraction of sp³-hybridized carbons (Fsp3) is 0.550. The molecule has 0 radical (unpaired) electrons. The summed E-state index contributed by atoms with van der Waals surface area (Å²) in [5.41, 5.74) is -0.991. The number of rotatable bonds is 6. The minimum Gasteiger partial charge on any atom is -0.383 e. The summed E-state index contributed by atoms with van der Waals surface area (Å²) < 4.78 is 81.6. The van der Waals surface area contributed by atoms with Crippen LogP contribution in [0.4, 0.5) is 28.4 Å². The molecule has 5 rings (SSSR count). The lowest BCUT2D eigenvalue weighted by molar-refractivity contribution is -0.137. The first-order chi connectivity index (χ1) is 15.0. The first-order valence-electron chi connectivity index (χ1n) is 10.3. The number of benzene rings is 1. The van der Waals surface area contributed by atoms with E-state index in [1.807, 2.05) is 4.72 Å². The number of halogens is 4. The van der Waals surface area contributed by atoms with Crippen molar-refractivity contribution in [3.63, 3.8) is 0 Å². The molecule has 0 amide bonds. The van der Waals surface area contributed by atoms with Gasteiger partial charge in [0.1, 0.15) is 0 Å². The van der Waals surface area contributed by atoms with Gasteiger partial charge in [0, 0.05) is 24.3 Å². The maximum atomic E-state index is 13.8. The van der Waals surface area contributed by atoms with Gasteiger partial charge in [-0.1, -0.05) is 11.3 Å². The highest BCUT2D eigenvalue weighted by molar-refractivity contribution is 7.93. The van der Waals surface area contributed by atoms with E-state index in [2.05, 4.69) is 15.2 Å². The Morgan fingerprint density at radius 2 is 2.00 bits per heavy atom. The van der Waals surface area contributed by atoms with Crippen molar-refractivity contribution in [2.24, 2.45) is 5.41 Å². The van der Waals surface area contributed by atoms with Gasteiger partial charge in [-0.2, -0.15) is 17.6 Å². The molecule has 1 aliphatic carbocycles. The zero-order chi connectivity index (χ0) is 22.8. The number of hydrogen-bond acceptors (Lipinski definition) is 6. The van der Waals surface area contributed by atoms with Gasteiger partial charge in [0.25, 0.3) is 10.0 Å². The van der Waals surface area contributed by atoms with Crippen LogP contribution in [0.25, 0.3) is 0 Å². The number of nitrogens with zero attached hydrogens (tertiary/aromatic N) is 2. The topological polar surface area (TPSA) is 74.3 Å². The molecule has 3 fully saturated rings. The molecule has 174 valence electrons. The van der Waals surface area contributed by atoms with Gasteiger partial charge in [0.2, 0.25) is 0 Å². The van der Waals surface area contributed by atoms with Crippen molar-refractivity contribution in [2.45, 2.75) is 48.7 Å². The Bertz CT molecular complexity index is 1150. The van der Waals surface area contributed by atoms with Crippen molar-refractivity contribution < 1.29 is 26.0 Å². The second-order valence-electron chi connectivity index (χ2n) is 9.06. The highest BCUT2D eigenvalue weighted by Crippen LogP contribution is 2.60. The summed E-state index contributed by atoms with van der Waals surface area (Å²) in [6.07, 6.45) is 1.42. The lowest BCUT2D eigenvalue weighted by Gasteiger charge is -2.33. The predicted molar refractivity (Wildman–Crippen MR) is 113 cm³/mol. The van der Waals surface area contributed by atoms with Crippen molar-refractivity contribution in [3.8, 4) is 0 Å². The third-order valence-corrected chi connectivity index (χ3v) is 9.01. The molecule has 2 aliphatic heterocycles. The van der Waals surface area contributed by atoms with E-state index in [0.29, 0.717) is 29.4 Å². The third kappa shape index (κ3) is 3.96. The van der Waals surface area contributed by atoms with Gasteiger partial charge in [0.05, 0.1) is 16.7 Å². The Morgan fingerprint density at radius 3 is 2.66 bits per heavy atom. The Morgan fingerprint density at radius 1 is 1.22 bits per heavy atom. The van der Waals surface area contributed by atoms with Crippen LogP contribution in [-0.4, -0.2) is 43.5 Å². The van der Waals surface area contributed by atoms with Crippen LogP contribution in [0.3, 0.4) is 0 Å². The monoisotopic (exact) mass is 490 g/mol. The number of sulfonamides is 1. The van der Waals surface area contributed by atoms with Crippen molar-refractivity contribution in [2.75, 3.05) is 29.7 Å². The summed E-state index contributed by atoms with van der Waals surface area (Å²) in [7, 11) is -4.36. The number of anilines is 2. The van der Waals surface area contributed by atoms with E-state index in [4.69, 9.17) is 0 Å². The zero-order valence-corrected chi connectivity index (χ0v) is 18.6. The molecule has 12 heteroatoms. The summed E-state index contributed by atoms with van der Waals surface area (Å²) in [6.45, 7) is 2.37. The second-order valence-corrected chi connectivity index (χ2v) is 11.7. The first-order valence-corrected chi connectivity index (χ1v) is 12.6. The van der Waals surface area contributed by atoms with E-state index in [0.717, 1.165) is 50.7 Å². The quantitative estimate of drug-likeness (QED) is 0.582. The molecule has 0 unspecified atom stereocenters. The molecular formula is C20H22F4N4O2S2. The van der Waals surface area contributed by atoms with Crippen LogP contribution in [0.5, 0.6) is 0 Å². The lowest BCUT2D eigenvalue weighted by atomic mass is 9.88. The summed E-state index contributed by atoms with van der Waals surface area (Å²) in [5.74, 6) is 0. The maximum absolute atomic E-state index is 13.8. The van der Waals surface area contributed by atoms with Crippen molar-refractivity contribution in [1.29, 1.82) is 0 Å². The fourth-order valence-electron chi connectivity index (χ4n) is 5.19. The normalized spacial score (nSPS) is 24.6. The van der Waals surface area contributed by atoms with Crippen LogP contribution in [0, 0.1) is 10.5 Å². The second kappa shape index (κ2) is 7.29. The lowest BCUT2D eigenvalue weighted by Crippen LogP contribution is -2.44. The molecule has 1 aromatic heterocycles. The van der Waals surface area contributed by atoms with Crippen LogP contribution in [0.1, 0.15) is 37.7 Å². The van der Waals surface area contributed by atoms with E-state index in [1.54, 1.807) is 0 Å². The van der Waals surface area contributed by atoms with Gasteiger partial charge in [-0.15, -0.1) is 0 Å². The van der Waals surface area contributed by atoms with Gasteiger partial charge in [-0.25, -0.2) is 13.4 Å². The minimum absolute atomic E-state index is 0.138. The zero-order valence-electron chi connectivity index (χ0n) is 17.0. The fourth-order valence-corrected chi connectivity index (χ4v) is 7.00. The molecule has 1 aromatic carbocycles. The molecule has 3 aliphatic rings. The van der Waals surface area contributed by atoms with Crippen LogP contribution in [0.2, 0.25) is 0 Å². The average Bonchev–Trinajstić information content (AvgIpc) is 2.99. The molecule has 1 spiro atoms. The summed E-state index contributed by atoms with van der Waals surface area (Å²) >= 11 is 0.450. The molecule has 3 heterocycles. The molecule has 1 atom stereocenters. The number of thiazole rings is 1. The van der Waals surface area contributed by atoms with E-state index >= 15 is 0 Å². The van der Waals surface area contributed by atoms with Crippen molar-refractivity contribution >= 4 is 32.2 Å². The van der Waals surface area contributed by atoms with E-state index in [-0.39, 0.29) is 16.4 Å². The molecule has 2 saturated heterocycles. The molecular weight excluding hydrogens is 468 g/mol. The molecule has 1 saturated carbocycles. The van der Waals surface area contributed by atoms with Crippen molar-refractivity contribution in [1.82, 2.24) is 9.88 Å². The Balaban J connectivity index is 1.39. The molecule has 6 nitrogen and oxygen atoms in total. The Labute approximate surface area is 187 Å². The third-order valence-electron chi connectivity index (χ3n) is 6.84. The smallest absolute Gasteiger partial charge is 0.383 e. The predicted octanol–water partition coefficient (Wildman–Crippen LogP) is 4.53. The van der Waals surface area contributed by atoms with Gasteiger partial charge >= 0.3 is 6.18 Å². The minimum atomic E-state index is -4.75. The summed E-state index contributed by atoms with van der Waals surface area (Å²) in [5, 5.41) is 2.02. The standard InChI is InChI=1S/C20H22F4N4O2S2/c21-16-9-25-17(31-16)27-32(29,30)13-2-3-15(14(8-13)20(22,23)24)26-11-19-4-1-7-28(19)12-18(10-19)5-6-18/h2-3,8-9,26H,1,4-7,10-12H2,(H,25,27)/t19-/m0/s1. The van der Waals surface area contributed by atoms with Gasteiger partial charge in [0.15, 0.2) is 10.3 Å². The van der Waals surface area contributed by atoms with E-state index in [1.165, 1.54) is 12.8 Å². The van der Waals surface area contributed by atoms with Crippen LogP contribution in [-0.2, 0) is 16.2 Å². The first kappa shape index (κ1) is 21.9. The molecule has 2 N–H and O–H groups in total. The summed E-state index contributed by atoms with van der Waals surface area (Å²) in [6, 6.07) is 2.87. The van der Waals surface area contributed by atoms with Gasteiger partial charge in [-0.3, -0.25) is 9.62 Å². The average molecular weight is 491 g/mol. The number of hydrogen-bond donors (Lipinski definition) is 2. The SMILES string of the molecule is O=S(=O)(Nc1ncc(F)s1)c1ccc(NC[C@@]23CCCN2CC2(CC2)C3)c(C(F)(F)F)c1. The van der Waals surface area contributed by atoms with Crippen molar-refractivity contribution in [3.05, 3.63) is 35.1 Å². The number of alkyl halides is 3. The highest BCUT2D eigenvalue weighted by atomic mass is 32.2. The van der Waals surface area contributed by atoms with E-state index in [9.17, 15) is 26.0 Å². The summed E-state index contributed by atoms with van der Waals surface area (Å²) in [4.78, 5) is 5.40. The Hall–Kier alpha value is -1.92. The van der Waals surface area contributed by atoms with Gasteiger partial charge in [-0.05, 0) is 62.3 Å². The van der Waals surface area contributed by atoms with Crippen LogP contribution >= 0.6 is 11.3 Å². The van der Waals surface area contributed by atoms with Gasteiger partial charge < -0.3 is 5.32 Å². The van der Waals surface area contributed by atoms with Crippen LogP contribution in [0.15, 0.2) is 29.3 Å². The Kier molecular flexibility index (Phi) is 4.99. The number of nitrogens with one attached hydrogen (secondary N) is 2. The molecule has 2 aromatic rings. The van der Waals surface area contributed by atoms with E-state index < -0.39 is 31.8 Å². The molecule has 32 heavy (non-hydrogen) atoms. The molecule has 0 bridgehead atoms. The largest absolute Gasteiger partial charge is 0.418 e. The van der Waals surface area contributed by atoms with Crippen LogP contribution < -0.4 is 10.0 Å². The number of fused-ring (bicyclic) bond motifs is 1. The maximum Gasteiger partial charge on any atom is 0.418 e. The highest BCUT2D eigenvalue weighted by Gasteiger charge is 2.59.